The predicted molar refractivity (Wildman–Crippen MR) is 86.5 cm³/mol. The fourth-order valence-electron chi connectivity index (χ4n) is 2.24. The van der Waals surface area contributed by atoms with Gasteiger partial charge in [-0.1, -0.05) is 18.2 Å². The lowest BCUT2D eigenvalue weighted by Gasteiger charge is -2.31. The lowest BCUT2D eigenvalue weighted by Crippen LogP contribution is -2.47. The Morgan fingerprint density at radius 3 is 2.76 bits per heavy atom. The van der Waals surface area contributed by atoms with Crippen LogP contribution in [0.15, 0.2) is 24.3 Å². The van der Waals surface area contributed by atoms with E-state index in [1.165, 1.54) is 0 Å². The van der Waals surface area contributed by atoms with Gasteiger partial charge in [-0.15, -0.1) is 0 Å². The van der Waals surface area contributed by atoms with Gasteiger partial charge < -0.3 is 20.7 Å². The second kappa shape index (κ2) is 9.37. The first-order valence-electron chi connectivity index (χ1n) is 7.40. The second-order valence-corrected chi connectivity index (χ2v) is 5.08. The maximum Gasteiger partial charge on any atom is 0.242 e. The van der Waals surface area contributed by atoms with Gasteiger partial charge in [0.15, 0.2) is 0 Å². The van der Waals surface area contributed by atoms with Gasteiger partial charge in [0, 0.05) is 25.9 Å². The Labute approximate surface area is 127 Å². The van der Waals surface area contributed by atoms with Crippen molar-refractivity contribution >= 4 is 11.6 Å². The van der Waals surface area contributed by atoms with E-state index in [4.69, 9.17) is 10.5 Å². The van der Waals surface area contributed by atoms with Crippen LogP contribution in [0.2, 0.25) is 0 Å². The third-order valence-electron chi connectivity index (χ3n) is 3.48. The van der Waals surface area contributed by atoms with Gasteiger partial charge in [-0.3, -0.25) is 4.79 Å². The molecule has 0 fully saturated rings. The molecule has 1 rings (SSSR count). The fraction of sp³-hybridized carbons (Fsp3) is 0.562. The van der Waals surface area contributed by atoms with Crippen molar-refractivity contribution in [3.05, 3.63) is 29.8 Å². The summed E-state index contributed by atoms with van der Waals surface area (Å²) in [5.41, 5.74) is 7.87. The van der Waals surface area contributed by atoms with E-state index in [1.807, 2.05) is 25.1 Å². The van der Waals surface area contributed by atoms with Crippen LogP contribution in [0.1, 0.15) is 18.9 Å². The summed E-state index contributed by atoms with van der Waals surface area (Å²) in [6.07, 6.45) is 0.851. The van der Waals surface area contributed by atoms with E-state index in [1.54, 1.807) is 7.11 Å². The molecule has 0 bridgehead atoms. The summed E-state index contributed by atoms with van der Waals surface area (Å²) in [5, 5.41) is 2.89. The highest BCUT2D eigenvalue weighted by molar-refractivity contribution is 5.85. The Bertz CT molecular complexity index is 437. The zero-order valence-electron chi connectivity index (χ0n) is 13.3. The number of nitrogens with two attached hydrogens (primary N) is 1. The molecular formula is C16H27N3O2. The molecule has 0 heterocycles. The first-order chi connectivity index (χ1) is 10.1. The number of hydrogen-bond donors (Lipinski definition) is 2. The molecule has 1 aromatic carbocycles. The van der Waals surface area contributed by atoms with Crippen LogP contribution in [0, 0.1) is 6.92 Å². The van der Waals surface area contributed by atoms with Crippen LogP contribution in [0.3, 0.4) is 0 Å². The summed E-state index contributed by atoms with van der Waals surface area (Å²) in [5.74, 6) is 0.00678. The van der Waals surface area contributed by atoms with Gasteiger partial charge in [0.25, 0.3) is 0 Å². The summed E-state index contributed by atoms with van der Waals surface area (Å²) in [6, 6.07) is 7.86. The predicted octanol–water partition coefficient (Wildman–Crippen LogP) is 1.30. The molecule has 0 saturated heterocycles. The number of amides is 1. The van der Waals surface area contributed by atoms with Crippen LogP contribution < -0.4 is 16.0 Å². The number of nitrogens with one attached hydrogen (secondary N) is 1. The monoisotopic (exact) mass is 293 g/mol. The second-order valence-electron chi connectivity index (χ2n) is 5.08. The lowest BCUT2D eigenvalue weighted by atomic mass is 10.1. The first-order valence-corrected chi connectivity index (χ1v) is 7.40. The average Bonchev–Trinajstić information content (AvgIpc) is 2.49. The summed E-state index contributed by atoms with van der Waals surface area (Å²) in [7, 11) is 1.62. The van der Waals surface area contributed by atoms with E-state index in [2.05, 4.69) is 23.2 Å². The molecule has 1 unspecified atom stereocenters. The number of carbonyl (C=O) groups is 1. The van der Waals surface area contributed by atoms with Crippen LogP contribution in [0.4, 0.5) is 5.69 Å². The quantitative estimate of drug-likeness (QED) is 0.674. The molecule has 118 valence electrons. The Morgan fingerprint density at radius 2 is 2.14 bits per heavy atom. The van der Waals surface area contributed by atoms with Gasteiger partial charge in [0.1, 0.15) is 6.04 Å². The van der Waals surface area contributed by atoms with Gasteiger partial charge >= 0.3 is 0 Å². The molecule has 0 aliphatic rings. The van der Waals surface area contributed by atoms with Crippen LogP contribution >= 0.6 is 0 Å². The smallest absolute Gasteiger partial charge is 0.242 e. The number of methoxy groups -OCH3 is 1. The highest BCUT2D eigenvalue weighted by Crippen LogP contribution is 2.22. The Morgan fingerprint density at radius 1 is 1.43 bits per heavy atom. The van der Waals surface area contributed by atoms with Crippen molar-refractivity contribution in [1.29, 1.82) is 0 Å². The molecule has 0 saturated carbocycles. The van der Waals surface area contributed by atoms with Crippen LogP contribution in [0.25, 0.3) is 0 Å². The minimum Gasteiger partial charge on any atom is -0.383 e. The minimum atomic E-state index is -0.241. The molecule has 21 heavy (non-hydrogen) atoms. The van der Waals surface area contributed by atoms with Gasteiger partial charge in [0.05, 0.1) is 6.61 Å². The zero-order chi connectivity index (χ0) is 15.7. The third kappa shape index (κ3) is 5.36. The normalized spacial score (nSPS) is 12.0. The number of ether oxygens (including phenoxy) is 1. The molecule has 0 aromatic heterocycles. The number of nitrogens with zero attached hydrogens (tertiary/aromatic N) is 1. The summed E-state index contributed by atoms with van der Waals surface area (Å²) >= 11 is 0. The molecule has 5 nitrogen and oxygen atoms in total. The van der Waals surface area contributed by atoms with Crippen LogP contribution in [0.5, 0.6) is 0 Å². The number of hydrogen-bond acceptors (Lipinski definition) is 4. The zero-order valence-corrected chi connectivity index (χ0v) is 13.3. The Kier molecular flexibility index (Phi) is 7.79. The van der Waals surface area contributed by atoms with Gasteiger partial charge in [-0.25, -0.2) is 0 Å². The Hall–Kier alpha value is -1.59. The average molecular weight is 293 g/mol. The van der Waals surface area contributed by atoms with Crippen molar-refractivity contribution < 1.29 is 9.53 Å². The number of para-hydroxylation sites is 1. The van der Waals surface area contributed by atoms with E-state index in [9.17, 15) is 4.79 Å². The SMILES string of the molecule is COCCNC(=O)C(C)N(CCCN)c1ccccc1C. The van der Waals surface area contributed by atoms with Crippen LogP contribution in [-0.4, -0.2) is 45.3 Å². The Balaban J connectivity index is 2.81. The summed E-state index contributed by atoms with van der Waals surface area (Å²) < 4.78 is 4.96. The number of carbonyl (C=O) groups excluding carboxylic acids is 1. The molecule has 0 aliphatic carbocycles. The van der Waals surface area contributed by atoms with E-state index in [0.717, 1.165) is 24.2 Å². The third-order valence-corrected chi connectivity index (χ3v) is 3.48. The lowest BCUT2D eigenvalue weighted by molar-refractivity contribution is -0.122. The topological polar surface area (TPSA) is 67.6 Å². The van der Waals surface area contributed by atoms with Gasteiger partial charge in [0.2, 0.25) is 5.91 Å². The van der Waals surface area contributed by atoms with Crippen molar-refractivity contribution in [2.45, 2.75) is 26.3 Å². The summed E-state index contributed by atoms with van der Waals surface area (Å²) in [6.45, 7) is 6.40. The molecule has 5 heteroatoms. The maximum atomic E-state index is 12.3. The number of benzene rings is 1. The van der Waals surface area contributed by atoms with Gasteiger partial charge in [-0.2, -0.15) is 0 Å². The standard InChI is InChI=1S/C16H27N3O2/c1-13-7-4-5-8-15(13)19(11-6-9-17)14(2)16(20)18-10-12-21-3/h4-5,7-8,14H,6,9-12,17H2,1-3H3,(H,18,20). The molecule has 1 amide bonds. The van der Waals surface area contributed by atoms with Crippen molar-refractivity contribution in [2.24, 2.45) is 5.73 Å². The number of rotatable bonds is 9. The van der Waals surface area contributed by atoms with Crippen molar-refractivity contribution in [3.8, 4) is 0 Å². The molecule has 0 aliphatic heterocycles. The van der Waals surface area contributed by atoms with Crippen LogP contribution in [-0.2, 0) is 9.53 Å². The van der Waals surface area contributed by atoms with E-state index >= 15 is 0 Å². The largest absolute Gasteiger partial charge is 0.383 e. The fourth-order valence-corrected chi connectivity index (χ4v) is 2.24. The molecular weight excluding hydrogens is 266 g/mol. The minimum absolute atomic E-state index is 0.00678. The molecule has 0 spiro atoms. The van der Waals surface area contributed by atoms with Crippen molar-refractivity contribution in [3.63, 3.8) is 0 Å². The highest BCUT2D eigenvalue weighted by Gasteiger charge is 2.21. The summed E-state index contributed by atoms with van der Waals surface area (Å²) in [4.78, 5) is 14.4. The molecule has 1 aromatic rings. The maximum absolute atomic E-state index is 12.3. The molecule has 0 radical (unpaired) electrons. The number of anilines is 1. The van der Waals surface area contributed by atoms with Crippen molar-refractivity contribution in [1.82, 2.24) is 5.32 Å². The van der Waals surface area contributed by atoms with Crippen molar-refractivity contribution in [2.75, 3.05) is 38.3 Å². The number of aryl methyl sites for hydroxylation is 1. The first kappa shape index (κ1) is 17.5. The molecule has 3 N–H and O–H groups in total. The van der Waals surface area contributed by atoms with E-state index < -0.39 is 0 Å². The molecule has 1 atom stereocenters. The van der Waals surface area contributed by atoms with E-state index in [-0.39, 0.29) is 11.9 Å². The van der Waals surface area contributed by atoms with Gasteiger partial charge in [-0.05, 0) is 38.4 Å². The van der Waals surface area contributed by atoms with E-state index in [0.29, 0.717) is 19.7 Å². The highest BCUT2D eigenvalue weighted by atomic mass is 16.5.